The zero-order valence-electron chi connectivity index (χ0n) is 18.4. The van der Waals surface area contributed by atoms with E-state index in [0.717, 1.165) is 6.07 Å². The number of piperazine rings is 1. The number of benzene rings is 2. The van der Waals surface area contributed by atoms with Gasteiger partial charge in [-0.25, -0.2) is 12.8 Å². The van der Waals surface area contributed by atoms with Crippen LogP contribution in [-0.2, 0) is 20.2 Å². The highest BCUT2D eigenvalue weighted by Crippen LogP contribution is 2.21. The number of carbonyl (C=O) groups excluding carboxylic acids is 1. The molecule has 1 N–H and O–H groups in total. The minimum atomic E-state index is -4.12. The Morgan fingerprint density at radius 3 is 2.21 bits per heavy atom. The van der Waals surface area contributed by atoms with Crippen LogP contribution in [0.4, 0.5) is 10.1 Å². The van der Waals surface area contributed by atoms with Crippen LogP contribution in [-0.4, -0.2) is 75.5 Å². The highest BCUT2D eigenvalue weighted by Gasteiger charge is 2.32. The zero-order chi connectivity index (χ0) is 24.2. The first-order valence-electron chi connectivity index (χ1n) is 10.5. The molecular formula is C21H27FN4O5S2. The first-order chi connectivity index (χ1) is 15.6. The van der Waals surface area contributed by atoms with Crippen molar-refractivity contribution in [2.75, 3.05) is 44.0 Å². The largest absolute Gasteiger partial charge is 0.336 e. The molecule has 0 atom stereocenters. The Labute approximate surface area is 194 Å². The van der Waals surface area contributed by atoms with Crippen molar-refractivity contribution in [3.63, 3.8) is 0 Å². The van der Waals surface area contributed by atoms with Gasteiger partial charge in [0.2, 0.25) is 0 Å². The van der Waals surface area contributed by atoms with Crippen molar-refractivity contribution in [3.8, 4) is 0 Å². The van der Waals surface area contributed by atoms with Crippen molar-refractivity contribution in [1.29, 1.82) is 0 Å². The molecule has 0 bridgehead atoms. The van der Waals surface area contributed by atoms with E-state index in [-0.39, 0.29) is 42.3 Å². The number of nitrogens with one attached hydrogen (secondary N) is 1. The molecule has 1 aliphatic heterocycles. The number of rotatable bonds is 8. The molecule has 2 aromatic rings. The lowest BCUT2D eigenvalue weighted by Gasteiger charge is -2.36. The lowest BCUT2D eigenvalue weighted by molar-refractivity contribution is 0.0694. The number of amides is 1. The van der Waals surface area contributed by atoms with Gasteiger partial charge in [-0.3, -0.25) is 9.52 Å². The molecule has 0 unspecified atom stereocenters. The maximum atomic E-state index is 13.9. The molecule has 9 nitrogen and oxygen atoms in total. The summed E-state index contributed by atoms with van der Waals surface area (Å²) in [6, 6.07) is 10.8. The van der Waals surface area contributed by atoms with Gasteiger partial charge >= 0.3 is 0 Å². The summed E-state index contributed by atoms with van der Waals surface area (Å²) in [7, 11) is -7.71. The number of hydrogen-bond acceptors (Lipinski definition) is 5. The SMILES string of the molecule is CCN(CC)S(=O)(=O)N1CCN(C(=O)c2cccc(S(=O)(=O)Nc3ccccc3F)c2)CC1. The molecule has 2 aromatic carbocycles. The third kappa shape index (κ3) is 5.52. The molecule has 1 fully saturated rings. The van der Waals surface area contributed by atoms with Gasteiger partial charge in [0.05, 0.1) is 10.6 Å². The fourth-order valence-corrected chi connectivity index (χ4v) is 6.28. The Bertz CT molecular complexity index is 1210. The van der Waals surface area contributed by atoms with Crippen LogP contribution in [0.5, 0.6) is 0 Å². The lowest BCUT2D eigenvalue weighted by Crippen LogP contribution is -2.54. The van der Waals surface area contributed by atoms with E-state index in [1.807, 2.05) is 0 Å². The van der Waals surface area contributed by atoms with E-state index in [4.69, 9.17) is 0 Å². The fraction of sp³-hybridized carbons (Fsp3) is 0.381. The van der Waals surface area contributed by atoms with Crippen molar-refractivity contribution >= 4 is 31.8 Å². The summed E-state index contributed by atoms with van der Waals surface area (Å²) in [4.78, 5) is 14.3. The Kier molecular flexibility index (Phi) is 7.73. The smallest absolute Gasteiger partial charge is 0.282 e. The molecule has 1 saturated heterocycles. The zero-order valence-corrected chi connectivity index (χ0v) is 20.1. The highest BCUT2D eigenvalue weighted by atomic mass is 32.2. The minimum Gasteiger partial charge on any atom is -0.336 e. The average Bonchev–Trinajstić information content (AvgIpc) is 2.81. The Morgan fingerprint density at radius 2 is 1.61 bits per heavy atom. The molecule has 3 rings (SSSR count). The molecule has 0 spiro atoms. The van der Waals surface area contributed by atoms with Crippen LogP contribution in [0.15, 0.2) is 53.4 Å². The quantitative estimate of drug-likeness (QED) is 0.599. The van der Waals surface area contributed by atoms with Gasteiger partial charge in [0, 0.05) is 44.8 Å². The number of sulfonamides is 1. The number of carbonyl (C=O) groups is 1. The van der Waals surface area contributed by atoms with Gasteiger partial charge in [-0.2, -0.15) is 17.0 Å². The Balaban J connectivity index is 1.72. The molecule has 0 aliphatic carbocycles. The molecular weight excluding hydrogens is 471 g/mol. The van der Waals surface area contributed by atoms with Crippen molar-refractivity contribution in [3.05, 3.63) is 59.9 Å². The second-order valence-electron chi connectivity index (χ2n) is 7.40. The van der Waals surface area contributed by atoms with E-state index >= 15 is 0 Å². The molecule has 33 heavy (non-hydrogen) atoms. The molecule has 0 aromatic heterocycles. The predicted octanol–water partition coefficient (Wildman–Crippen LogP) is 1.97. The van der Waals surface area contributed by atoms with E-state index in [1.165, 1.54) is 56.0 Å². The van der Waals surface area contributed by atoms with E-state index in [0.29, 0.717) is 13.1 Å². The number of halogens is 1. The average molecular weight is 499 g/mol. The second-order valence-corrected chi connectivity index (χ2v) is 11.0. The fourth-order valence-electron chi connectivity index (χ4n) is 3.56. The van der Waals surface area contributed by atoms with Crippen LogP contribution >= 0.6 is 0 Å². The summed E-state index contributed by atoms with van der Waals surface area (Å²) in [5.74, 6) is -1.12. The van der Waals surface area contributed by atoms with Gasteiger partial charge in [0.25, 0.3) is 26.1 Å². The topological polar surface area (TPSA) is 107 Å². The number of para-hydroxylation sites is 1. The molecule has 0 radical (unpaired) electrons. The maximum absolute atomic E-state index is 13.9. The predicted molar refractivity (Wildman–Crippen MR) is 123 cm³/mol. The normalized spacial score (nSPS) is 15.6. The minimum absolute atomic E-state index is 0.145. The van der Waals surface area contributed by atoms with E-state index in [9.17, 15) is 26.0 Å². The summed E-state index contributed by atoms with van der Waals surface area (Å²) in [5.41, 5.74) is -0.0498. The monoisotopic (exact) mass is 498 g/mol. The van der Waals surface area contributed by atoms with Crippen LogP contribution in [0, 0.1) is 5.82 Å². The second kappa shape index (κ2) is 10.2. The van der Waals surface area contributed by atoms with E-state index in [2.05, 4.69) is 4.72 Å². The van der Waals surface area contributed by atoms with Gasteiger partial charge < -0.3 is 4.90 Å². The first-order valence-corrected chi connectivity index (χ1v) is 13.4. The van der Waals surface area contributed by atoms with E-state index < -0.39 is 32.0 Å². The van der Waals surface area contributed by atoms with Crippen molar-refractivity contribution in [1.82, 2.24) is 13.5 Å². The van der Waals surface area contributed by atoms with Gasteiger partial charge in [-0.1, -0.05) is 32.0 Å². The van der Waals surface area contributed by atoms with Gasteiger partial charge in [-0.05, 0) is 30.3 Å². The van der Waals surface area contributed by atoms with Crippen LogP contribution in [0.1, 0.15) is 24.2 Å². The Hall–Kier alpha value is -2.54. The van der Waals surface area contributed by atoms with Gasteiger partial charge in [-0.15, -0.1) is 0 Å². The number of anilines is 1. The third-order valence-electron chi connectivity index (χ3n) is 5.39. The summed E-state index contributed by atoms with van der Waals surface area (Å²) in [6.07, 6.45) is 0. The highest BCUT2D eigenvalue weighted by molar-refractivity contribution is 7.92. The van der Waals surface area contributed by atoms with Crippen LogP contribution in [0.3, 0.4) is 0 Å². The molecule has 1 aliphatic rings. The van der Waals surface area contributed by atoms with Crippen molar-refractivity contribution in [2.45, 2.75) is 18.7 Å². The maximum Gasteiger partial charge on any atom is 0.282 e. The van der Waals surface area contributed by atoms with Crippen molar-refractivity contribution in [2.24, 2.45) is 0 Å². The molecule has 12 heteroatoms. The summed E-state index contributed by atoms with van der Waals surface area (Å²) in [6.45, 7) is 4.93. The number of hydrogen-bond donors (Lipinski definition) is 1. The molecule has 0 saturated carbocycles. The standard InChI is InChI=1S/C21H27FN4O5S2/c1-3-25(4-2)33(30,31)26-14-12-24(13-15-26)21(27)17-8-7-9-18(16-17)32(28,29)23-20-11-6-5-10-19(20)22/h5-11,16,23H,3-4,12-15H2,1-2H3. The third-order valence-corrected chi connectivity index (χ3v) is 8.94. The number of nitrogens with zero attached hydrogens (tertiary/aromatic N) is 3. The van der Waals surface area contributed by atoms with Crippen molar-refractivity contribution < 1.29 is 26.0 Å². The van der Waals surface area contributed by atoms with Gasteiger partial charge in [0.1, 0.15) is 5.82 Å². The van der Waals surface area contributed by atoms with Crippen LogP contribution in [0.25, 0.3) is 0 Å². The molecule has 180 valence electrons. The lowest BCUT2D eigenvalue weighted by atomic mass is 10.2. The van der Waals surface area contributed by atoms with Crippen LogP contribution < -0.4 is 4.72 Å². The van der Waals surface area contributed by atoms with E-state index in [1.54, 1.807) is 13.8 Å². The molecule has 1 heterocycles. The molecule has 1 amide bonds. The first kappa shape index (κ1) is 25.1. The Morgan fingerprint density at radius 1 is 0.970 bits per heavy atom. The van der Waals surface area contributed by atoms with Crippen LogP contribution in [0.2, 0.25) is 0 Å². The summed E-state index contributed by atoms with van der Waals surface area (Å²) < 4.78 is 69.5. The summed E-state index contributed by atoms with van der Waals surface area (Å²) >= 11 is 0. The summed E-state index contributed by atoms with van der Waals surface area (Å²) in [5, 5.41) is 0. The van der Waals surface area contributed by atoms with Gasteiger partial charge in [0.15, 0.2) is 0 Å².